The maximum atomic E-state index is 10.5. The Hall–Kier alpha value is -0.410. The molecule has 1 aliphatic carbocycles. The Balaban J connectivity index is 0.00000171. The Kier molecular flexibility index (Phi) is 11.0. The van der Waals surface area contributed by atoms with E-state index in [1.165, 1.54) is 29.9 Å². The number of methoxy groups -OCH3 is 1. The fourth-order valence-electron chi connectivity index (χ4n) is 4.99. The molecule has 0 aromatic heterocycles. The number of rotatable bonds is 8. The van der Waals surface area contributed by atoms with Crippen LogP contribution < -0.4 is 15.2 Å². The van der Waals surface area contributed by atoms with Crippen LogP contribution >= 0.6 is 36.6 Å². The second kappa shape index (κ2) is 12.7. The Labute approximate surface area is 203 Å². The van der Waals surface area contributed by atoms with Gasteiger partial charge < -0.3 is 20.3 Å². The molecule has 31 heavy (non-hydrogen) atoms. The zero-order chi connectivity index (χ0) is 20.2. The topological polar surface area (TPSA) is 71.2 Å². The zero-order valence-corrected chi connectivity index (χ0v) is 20.7. The van der Waals surface area contributed by atoms with Gasteiger partial charge in [0.05, 0.1) is 7.11 Å². The van der Waals surface area contributed by atoms with Gasteiger partial charge in [0.25, 0.3) is 0 Å². The molecule has 2 unspecified atom stereocenters. The van der Waals surface area contributed by atoms with Crippen molar-refractivity contribution in [2.24, 2.45) is 17.6 Å². The maximum Gasteiger partial charge on any atom is 0.161 e. The first-order valence-corrected chi connectivity index (χ1v) is 12.0. The van der Waals surface area contributed by atoms with Crippen LogP contribution in [0.5, 0.6) is 11.5 Å². The third kappa shape index (κ3) is 7.03. The molecule has 3 fully saturated rings. The Morgan fingerprint density at radius 1 is 1.10 bits per heavy atom. The number of hydrogen-bond donors (Lipinski definition) is 2. The zero-order valence-electron chi connectivity index (χ0n) is 18.3. The third-order valence-electron chi connectivity index (χ3n) is 6.62. The molecule has 1 aromatic carbocycles. The number of aliphatic hydroxyl groups excluding tert-OH is 1. The summed E-state index contributed by atoms with van der Waals surface area (Å²) in [6.07, 6.45) is 1.95. The Bertz CT molecular complexity index is 667. The number of benzene rings is 1. The van der Waals surface area contributed by atoms with Gasteiger partial charge >= 0.3 is 0 Å². The monoisotopic (exact) mass is 493 g/mol. The number of likely N-dealkylation sites (tertiary alicyclic amines) is 1. The van der Waals surface area contributed by atoms with Gasteiger partial charge in [-0.1, -0.05) is 6.07 Å². The first kappa shape index (κ1) is 26.8. The van der Waals surface area contributed by atoms with E-state index in [0.29, 0.717) is 30.2 Å². The highest BCUT2D eigenvalue weighted by molar-refractivity contribution is 7.99. The molecular formula is C22H37Cl2N3O3S. The smallest absolute Gasteiger partial charge is 0.161 e. The minimum atomic E-state index is -0.515. The summed E-state index contributed by atoms with van der Waals surface area (Å²) in [5.74, 6) is 5.04. The van der Waals surface area contributed by atoms with Gasteiger partial charge in [-0.15, -0.1) is 24.8 Å². The lowest BCUT2D eigenvalue weighted by Crippen LogP contribution is -2.51. The Morgan fingerprint density at radius 2 is 1.77 bits per heavy atom. The Morgan fingerprint density at radius 3 is 2.42 bits per heavy atom. The van der Waals surface area contributed by atoms with Crippen LogP contribution in [0.2, 0.25) is 0 Å². The van der Waals surface area contributed by atoms with Crippen molar-refractivity contribution >= 4 is 36.6 Å². The molecule has 2 saturated heterocycles. The van der Waals surface area contributed by atoms with Gasteiger partial charge in [-0.05, 0) is 42.4 Å². The van der Waals surface area contributed by atoms with Crippen molar-refractivity contribution in [3.8, 4) is 11.5 Å². The molecule has 178 valence electrons. The van der Waals surface area contributed by atoms with Crippen molar-refractivity contribution in [1.82, 2.24) is 9.80 Å². The lowest BCUT2D eigenvalue weighted by molar-refractivity contribution is 0.0446. The van der Waals surface area contributed by atoms with Gasteiger partial charge in [0.1, 0.15) is 12.7 Å². The van der Waals surface area contributed by atoms with Gasteiger partial charge in [-0.2, -0.15) is 11.8 Å². The second-order valence-corrected chi connectivity index (χ2v) is 9.96. The first-order chi connectivity index (χ1) is 14.1. The van der Waals surface area contributed by atoms with E-state index in [9.17, 15) is 5.11 Å². The van der Waals surface area contributed by atoms with Crippen LogP contribution in [0.15, 0.2) is 18.2 Å². The molecule has 4 atom stereocenters. The van der Waals surface area contributed by atoms with E-state index in [0.717, 1.165) is 38.5 Å². The number of nitrogens with zero attached hydrogens (tertiary/aromatic N) is 2. The molecule has 2 aliphatic heterocycles. The van der Waals surface area contributed by atoms with Crippen LogP contribution in [-0.4, -0.2) is 85.0 Å². The van der Waals surface area contributed by atoms with Gasteiger partial charge in [0.2, 0.25) is 0 Å². The number of hydrogen-bond acceptors (Lipinski definition) is 7. The molecule has 1 saturated carbocycles. The predicted molar refractivity (Wildman–Crippen MR) is 132 cm³/mol. The van der Waals surface area contributed by atoms with Crippen molar-refractivity contribution in [3.63, 3.8) is 0 Å². The fourth-order valence-corrected chi connectivity index (χ4v) is 5.97. The number of nitrogens with two attached hydrogens (primary N) is 1. The molecule has 0 radical (unpaired) electrons. The van der Waals surface area contributed by atoms with Gasteiger partial charge in [-0.25, -0.2) is 0 Å². The normalized spacial score (nSPS) is 27.1. The van der Waals surface area contributed by atoms with Crippen molar-refractivity contribution in [2.75, 3.05) is 57.9 Å². The number of halogens is 2. The fraction of sp³-hybridized carbons (Fsp3) is 0.727. The molecule has 3 aliphatic rings. The number of β-amino-alcohol motifs (C(OH)–C–C–N with tert-alkyl or cyclic N) is 1. The third-order valence-corrected chi connectivity index (χ3v) is 7.56. The van der Waals surface area contributed by atoms with E-state index in [-0.39, 0.29) is 31.4 Å². The standard InChI is InChI=1S/C22H35N3O3S.2ClH/c1-27-21-10-16(11-24-6-8-29-9-7-24)2-5-20(21)28-15-19(26)14-25-12-17-3-4-18(13-25)22(17)23;;/h2,5,10,17-19,22,26H,3-4,6-9,11-15,23H2,1H3;2*1H/t17-,18+,19?,22?;;. The molecule has 2 bridgehead atoms. The average molecular weight is 495 g/mol. The minimum absolute atomic E-state index is 0. The molecule has 9 heteroatoms. The summed E-state index contributed by atoms with van der Waals surface area (Å²) < 4.78 is 11.5. The van der Waals surface area contributed by atoms with Crippen LogP contribution in [0.25, 0.3) is 0 Å². The molecule has 0 spiro atoms. The van der Waals surface area contributed by atoms with Crippen LogP contribution in [0.3, 0.4) is 0 Å². The van der Waals surface area contributed by atoms with Crippen molar-refractivity contribution in [3.05, 3.63) is 23.8 Å². The van der Waals surface area contributed by atoms with Gasteiger partial charge in [0.15, 0.2) is 11.5 Å². The summed E-state index contributed by atoms with van der Waals surface area (Å²) in [4.78, 5) is 4.84. The van der Waals surface area contributed by atoms with E-state index in [1.54, 1.807) is 7.11 Å². The highest BCUT2D eigenvalue weighted by atomic mass is 35.5. The summed E-state index contributed by atoms with van der Waals surface area (Å²) in [6.45, 7) is 6.15. The number of thioether (sulfide) groups is 1. The quantitative estimate of drug-likeness (QED) is 0.576. The summed E-state index contributed by atoms with van der Waals surface area (Å²) in [6, 6.07) is 6.49. The van der Waals surface area contributed by atoms with Crippen LogP contribution in [0.1, 0.15) is 18.4 Å². The minimum Gasteiger partial charge on any atom is -0.493 e. The largest absolute Gasteiger partial charge is 0.493 e. The van der Waals surface area contributed by atoms with Crippen LogP contribution in [-0.2, 0) is 6.54 Å². The SMILES string of the molecule is COc1cc(CN2CCSCC2)ccc1OCC(O)CN1C[C@H]2CC[C@@H](C1)C2N.Cl.Cl. The van der Waals surface area contributed by atoms with E-state index in [4.69, 9.17) is 15.2 Å². The van der Waals surface area contributed by atoms with E-state index >= 15 is 0 Å². The number of fused-ring (bicyclic) bond motifs is 2. The second-order valence-electron chi connectivity index (χ2n) is 8.73. The van der Waals surface area contributed by atoms with Crippen LogP contribution in [0.4, 0.5) is 0 Å². The molecule has 6 nitrogen and oxygen atoms in total. The molecule has 2 heterocycles. The number of aliphatic hydroxyl groups is 1. The lowest BCUT2D eigenvalue weighted by atomic mass is 9.93. The summed E-state index contributed by atoms with van der Waals surface area (Å²) in [5.41, 5.74) is 7.52. The molecule has 3 N–H and O–H groups in total. The molecular weight excluding hydrogens is 457 g/mol. The van der Waals surface area contributed by atoms with Crippen molar-refractivity contribution in [1.29, 1.82) is 0 Å². The summed E-state index contributed by atoms with van der Waals surface area (Å²) >= 11 is 2.02. The van der Waals surface area contributed by atoms with Gasteiger partial charge in [0, 0.05) is 56.8 Å². The lowest BCUT2D eigenvalue weighted by Gasteiger charge is -2.37. The molecule has 0 amide bonds. The predicted octanol–water partition coefficient (Wildman–Crippen LogP) is 2.50. The number of piperidine rings is 1. The van der Waals surface area contributed by atoms with Crippen molar-refractivity contribution in [2.45, 2.75) is 31.5 Å². The summed E-state index contributed by atoms with van der Waals surface area (Å²) in [5, 5.41) is 10.5. The molecule has 1 aromatic rings. The average Bonchev–Trinajstić information content (AvgIpc) is 2.94. The van der Waals surface area contributed by atoms with Crippen molar-refractivity contribution < 1.29 is 14.6 Å². The van der Waals surface area contributed by atoms with Crippen LogP contribution in [0, 0.1) is 11.8 Å². The highest BCUT2D eigenvalue weighted by Crippen LogP contribution is 2.35. The number of ether oxygens (including phenoxy) is 2. The highest BCUT2D eigenvalue weighted by Gasteiger charge is 2.39. The first-order valence-electron chi connectivity index (χ1n) is 10.9. The summed E-state index contributed by atoms with van der Waals surface area (Å²) in [7, 11) is 1.67. The van der Waals surface area contributed by atoms with Gasteiger partial charge in [-0.3, -0.25) is 9.80 Å². The van der Waals surface area contributed by atoms with E-state index in [1.807, 2.05) is 17.8 Å². The maximum absolute atomic E-state index is 10.5. The molecule has 4 rings (SSSR count). The van der Waals surface area contributed by atoms with E-state index in [2.05, 4.69) is 21.9 Å². The van der Waals surface area contributed by atoms with E-state index < -0.39 is 6.10 Å².